The first-order valence-corrected chi connectivity index (χ1v) is 8.62. The highest BCUT2D eigenvalue weighted by Crippen LogP contribution is 2.26. The Hall–Kier alpha value is -1.25. The largest absolute Gasteiger partial charge is 0.297 e. The van der Waals surface area contributed by atoms with Gasteiger partial charge >= 0.3 is 0 Å². The van der Waals surface area contributed by atoms with Crippen molar-refractivity contribution in [3.8, 4) is 11.3 Å². The molecule has 0 aliphatic carbocycles. The van der Waals surface area contributed by atoms with Crippen molar-refractivity contribution in [2.45, 2.75) is 0 Å². The van der Waals surface area contributed by atoms with Crippen molar-refractivity contribution >= 4 is 56.3 Å². The van der Waals surface area contributed by atoms with Crippen molar-refractivity contribution in [2.24, 2.45) is 0 Å². The number of hydrogen-bond donors (Lipinski definition) is 1. The number of carbonyl (C=O) groups excluding carboxylic acids is 1. The molecular formula is C14H9IN2OS2. The molecule has 20 heavy (non-hydrogen) atoms. The van der Waals surface area contributed by atoms with Crippen molar-refractivity contribution in [1.29, 1.82) is 0 Å². The normalized spacial score (nSPS) is 10.4. The number of nitrogens with zero attached hydrogens (tertiary/aromatic N) is 1. The van der Waals surface area contributed by atoms with Crippen LogP contribution in [0, 0.1) is 3.57 Å². The van der Waals surface area contributed by atoms with Gasteiger partial charge in [-0.2, -0.15) is 0 Å². The molecule has 2 heterocycles. The lowest BCUT2D eigenvalue weighted by molar-refractivity contribution is 0.103. The van der Waals surface area contributed by atoms with Crippen LogP contribution in [0.15, 0.2) is 47.2 Å². The zero-order valence-corrected chi connectivity index (χ0v) is 14.0. The zero-order chi connectivity index (χ0) is 13.9. The molecule has 0 aliphatic heterocycles. The monoisotopic (exact) mass is 412 g/mol. The number of amides is 1. The topological polar surface area (TPSA) is 42.0 Å². The van der Waals surface area contributed by atoms with Gasteiger partial charge in [-0.15, -0.1) is 22.7 Å². The van der Waals surface area contributed by atoms with Gasteiger partial charge in [-0.05, 0) is 46.2 Å². The summed E-state index contributed by atoms with van der Waals surface area (Å²) in [5, 5.41) is 7.28. The number of nitrogens with one attached hydrogen (secondary N) is 1. The average molecular weight is 412 g/mol. The molecule has 0 bridgehead atoms. The maximum absolute atomic E-state index is 11.9. The third-order valence-corrected chi connectivity index (χ3v) is 4.96. The Bertz CT molecular complexity index is 720. The van der Waals surface area contributed by atoms with E-state index in [0.29, 0.717) is 10.0 Å². The quantitative estimate of drug-likeness (QED) is 0.633. The van der Waals surface area contributed by atoms with Crippen LogP contribution in [0.5, 0.6) is 0 Å². The van der Waals surface area contributed by atoms with Crippen LogP contribution in [0.3, 0.4) is 0 Å². The number of aromatic nitrogens is 1. The van der Waals surface area contributed by atoms with Crippen LogP contribution in [0.4, 0.5) is 5.13 Å². The fourth-order valence-electron chi connectivity index (χ4n) is 1.65. The molecule has 0 aliphatic rings. The van der Waals surface area contributed by atoms with Crippen LogP contribution in [0.1, 0.15) is 9.67 Å². The van der Waals surface area contributed by atoms with Gasteiger partial charge in [-0.3, -0.25) is 10.1 Å². The molecule has 0 spiro atoms. The molecule has 0 radical (unpaired) electrons. The van der Waals surface area contributed by atoms with Gasteiger partial charge in [0, 0.05) is 14.5 Å². The number of rotatable bonds is 3. The predicted molar refractivity (Wildman–Crippen MR) is 92.5 cm³/mol. The summed E-state index contributed by atoms with van der Waals surface area (Å²) in [4.78, 5) is 17.1. The Morgan fingerprint density at radius 1 is 1.15 bits per heavy atom. The first kappa shape index (κ1) is 13.7. The lowest BCUT2D eigenvalue weighted by atomic mass is 10.2. The molecule has 6 heteroatoms. The fraction of sp³-hybridized carbons (Fsp3) is 0. The third-order valence-electron chi connectivity index (χ3n) is 2.61. The summed E-state index contributed by atoms with van der Waals surface area (Å²) in [6, 6.07) is 11.8. The van der Waals surface area contributed by atoms with Crippen LogP contribution in [0.2, 0.25) is 0 Å². The first-order valence-electron chi connectivity index (χ1n) is 5.79. The van der Waals surface area contributed by atoms with E-state index in [2.05, 4.69) is 32.9 Å². The van der Waals surface area contributed by atoms with E-state index in [9.17, 15) is 4.79 Å². The molecule has 1 aromatic carbocycles. The highest BCUT2D eigenvalue weighted by atomic mass is 127. The van der Waals surface area contributed by atoms with Crippen molar-refractivity contribution in [3.05, 3.63) is 55.6 Å². The summed E-state index contributed by atoms with van der Waals surface area (Å²) >= 11 is 5.12. The van der Waals surface area contributed by atoms with Crippen LogP contribution in [-0.2, 0) is 0 Å². The van der Waals surface area contributed by atoms with E-state index in [1.807, 2.05) is 41.1 Å². The Balaban J connectivity index is 1.77. The van der Waals surface area contributed by atoms with Crippen molar-refractivity contribution < 1.29 is 4.79 Å². The number of hydrogen-bond acceptors (Lipinski definition) is 4. The van der Waals surface area contributed by atoms with E-state index in [1.54, 1.807) is 6.07 Å². The summed E-state index contributed by atoms with van der Waals surface area (Å²) in [6.45, 7) is 0. The summed E-state index contributed by atoms with van der Waals surface area (Å²) in [7, 11) is 0. The van der Waals surface area contributed by atoms with E-state index in [0.717, 1.165) is 11.3 Å². The minimum atomic E-state index is -0.108. The second-order valence-electron chi connectivity index (χ2n) is 3.98. The van der Waals surface area contributed by atoms with Gasteiger partial charge in [0.15, 0.2) is 5.13 Å². The Kier molecular flexibility index (Phi) is 4.13. The Morgan fingerprint density at radius 2 is 1.95 bits per heavy atom. The van der Waals surface area contributed by atoms with Gasteiger partial charge in [-0.25, -0.2) is 4.98 Å². The second-order valence-corrected chi connectivity index (χ2v) is 7.03. The summed E-state index contributed by atoms with van der Waals surface area (Å²) < 4.78 is 1.19. The van der Waals surface area contributed by atoms with E-state index in [-0.39, 0.29) is 5.91 Å². The van der Waals surface area contributed by atoms with E-state index >= 15 is 0 Å². The second kappa shape index (κ2) is 6.02. The number of carbonyl (C=O) groups is 1. The average Bonchev–Trinajstić information content (AvgIpc) is 3.10. The lowest BCUT2D eigenvalue weighted by Crippen LogP contribution is -2.09. The lowest BCUT2D eigenvalue weighted by Gasteiger charge is -1.98. The van der Waals surface area contributed by atoms with Gasteiger partial charge in [0.25, 0.3) is 5.91 Å². The van der Waals surface area contributed by atoms with Gasteiger partial charge in [-0.1, -0.05) is 18.2 Å². The molecule has 3 rings (SSSR count). The van der Waals surface area contributed by atoms with Gasteiger partial charge in [0.05, 0.1) is 10.6 Å². The van der Waals surface area contributed by atoms with Gasteiger partial charge in [0.2, 0.25) is 0 Å². The molecule has 0 saturated heterocycles. The smallest absolute Gasteiger partial charge is 0.267 e. The van der Waals surface area contributed by atoms with Crippen molar-refractivity contribution in [2.75, 3.05) is 5.32 Å². The molecule has 1 amide bonds. The van der Waals surface area contributed by atoms with E-state index in [4.69, 9.17) is 0 Å². The van der Waals surface area contributed by atoms with Crippen molar-refractivity contribution in [3.63, 3.8) is 0 Å². The highest BCUT2D eigenvalue weighted by Gasteiger charge is 2.10. The molecule has 3 aromatic rings. The Labute approximate surface area is 137 Å². The Morgan fingerprint density at radius 3 is 2.65 bits per heavy atom. The molecular weight excluding hydrogens is 403 g/mol. The molecule has 0 unspecified atom stereocenters. The number of thiophene rings is 1. The molecule has 100 valence electrons. The fourth-order valence-corrected chi connectivity index (χ4v) is 3.34. The standard InChI is InChI=1S/C14H9IN2OS2/c15-10-5-3-9(4-6-10)11-8-20-14(16-11)17-13(18)12-2-1-7-19-12/h1-8H,(H,16,17,18). The van der Waals surface area contributed by atoms with Crippen LogP contribution < -0.4 is 5.32 Å². The van der Waals surface area contributed by atoms with Crippen LogP contribution in [-0.4, -0.2) is 10.9 Å². The van der Waals surface area contributed by atoms with E-state index in [1.165, 1.54) is 26.2 Å². The number of thiazole rings is 1. The maximum atomic E-state index is 11.9. The molecule has 0 atom stereocenters. The first-order chi connectivity index (χ1) is 9.72. The van der Waals surface area contributed by atoms with Crippen LogP contribution >= 0.6 is 45.3 Å². The summed E-state index contributed by atoms with van der Waals surface area (Å²) in [5.41, 5.74) is 1.94. The summed E-state index contributed by atoms with van der Waals surface area (Å²) in [5.74, 6) is -0.108. The molecule has 2 aromatic heterocycles. The number of benzene rings is 1. The third kappa shape index (κ3) is 3.08. The minimum absolute atomic E-state index is 0.108. The molecule has 0 fully saturated rings. The molecule has 1 N–H and O–H groups in total. The zero-order valence-electron chi connectivity index (χ0n) is 10.2. The summed E-state index contributed by atoms with van der Waals surface area (Å²) in [6.07, 6.45) is 0. The number of anilines is 1. The molecule has 0 saturated carbocycles. The van der Waals surface area contributed by atoms with E-state index < -0.39 is 0 Å². The maximum Gasteiger partial charge on any atom is 0.267 e. The predicted octanol–water partition coefficient (Wildman–Crippen LogP) is 4.73. The highest BCUT2D eigenvalue weighted by molar-refractivity contribution is 14.1. The minimum Gasteiger partial charge on any atom is -0.297 e. The van der Waals surface area contributed by atoms with Gasteiger partial charge in [0.1, 0.15) is 0 Å². The molecule has 3 nitrogen and oxygen atoms in total. The van der Waals surface area contributed by atoms with Crippen LogP contribution in [0.25, 0.3) is 11.3 Å². The van der Waals surface area contributed by atoms with Gasteiger partial charge < -0.3 is 0 Å². The SMILES string of the molecule is O=C(Nc1nc(-c2ccc(I)cc2)cs1)c1cccs1. The van der Waals surface area contributed by atoms with Crippen molar-refractivity contribution in [1.82, 2.24) is 4.98 Å². The number of halogens is 1.